The van der Waals surface area contributed by atoms with E-state index in [0.29, 0.717) is 0 Å². The smallest absolute Gasteiger partial charge is 0.274 e. The number of benzene rings is 1. The van der Waals surface area contributed by atoms with E-state index in [1.807, 2.05) is 48.7 Å². The monoisotopic (exact) mass is 253 g/mol. The van der Waals surface area contributed by atoms with E-state index in [2.05, 4.69) is 5.10 Å². The average molecular weight is 253 g/mol. The van der Waals surface area contributed by atoms with E-state index < -0.39 is 0 Å². The van der Waals surface area contributed by atoms with E-state index in [-0.39, 0.29) is 5.56 Å². The van der Waals surface area contributed by atoms with Crippen LogP contribution in [0.25, 0.3) is 16.9 Å². The van der Waals surface area contributed by atoms with E-state index in [0.717, 1.165) is 23.4 Å². The summed E-state index contributed by atoms with van der Waals surface area (Å²) in [7, 11) is 0. The normalized spacial score (nSPS) is 11.1. The molecule has 0 radical (unpaired) electrons. The number of nitrogens with zero attached hydrogens (tertiary/aromatic N) is 3. The molecule has 19 heavy (non-hydrogen) atoms. The van der Waals surface area contributed by atoms with Gasteiger partial charge in [-0.05, 0) is 13.8 Å². The van der Waals surface area contributed by atoms with Gasteiger partial charge in [-0.1, -0.05) is 29.8 Å². The molecule has 0 spiro atoms. The molecule has 0 saturated heterocycles. The van der Waals surface area contributed by atoms with Crippen LogP contribution in [0, 0.1) is 6.92 Å². The summed E-state index contributed by atoms with van der Waals surface area (Å²) in [6.07, 6.45) is 1.80. The molecule has 0 atom stereocenters. The molecule has 0 N–H and O–H groups in total. The molecule has 0 aliphatic rings. The Bertz CT molecular complexity index is 781. The van der Waals surface area contributed by atoms with Crippen molar-refractivity contribution >= 4 is 5.65 Å². The van der Waals surface area contributed by atoms with Crippen LogP contribution >= 0.6 is 0 Å². The van der Waals surface area contributed by atoms with Crippen LogP contribution in [0.2, 0.25) is 0 Å². The Morgan fingerprint density at radius 2 is 1.89 bits per heavy atom. The highest BCUT2D eigenvalue weighted by molar-refractivity contribution is 5.64. The topological polar surface area (TPSA) is 39.3 Å². The minimum absolute atomic E-state index is 0.0990. The van der Waals surface area contributed by atoms with E-state index >= 15 is 0 Å². The van der Waals surface area contributed by atoms with Gasteiger partial charge in [-0.3, -0.25) is 4.79 Å². The van der Waals surface area contributed by atoms with Gasteiger partial charge in [0.05, 0.1) is 5.69 Å². The van der Waals surface area contributed by atoms with Crippen LogP contribution in [0.5, 0.6) is 0 Å². The maximum Gasteiger partial charge on any atom is 0.274 e. The van der Waals surface area contributed by atoms with Crippen molar-refractivity contribution in [2.75, 3.05) is 0 Å². The Balaban J connectivity index is 2.24. The van der Waals surface area contributed by atoms with Crippen LogP contribution in [0.15, 0.2) is 47.4 Å². The number of aromatic nitrogens is 3. The second kappa shape index (κ2) is 4.39. The Morgan fingerprint density at radius 1 is 1.16 bits per heavy atom. The first-order chi connectivity index (χ1) is 9.19. The maximum absolute atomic E-state index is 11.8. The molecule has 0 saturated carbocycles. The van der Waals surface area contributed by atoms with Gasteiger partial charge >= 0.3 is 0 Å². The summed E-state index contributed by atoms with van der Waals surface area (Å²) in [5.41, 5.74) is 3.78. The van der Waals surface area contributed by atoms with Crippen molar-refractivity contribution in [1.29, 1.82) is 0 Å². The SMILES string of the molecule is CCn1ccc(=O)n2nc(-c3ccc(C)cc3)cc12. The van der Waals surface area contributed by atoms with E-state index in [9.17, 15) is 4.79 Å². The molecular formula is C15H15N3O. The molecule has 1 aromatic carbocycles. The lowest BCUT2D eigenvalue weighted by Crippen LogP contribution is -2.16. The van der Waals surface area contributed by atoms with Crippen molar-refractivity contribution in [3.8, 4) is 11.3 Å². The maximum atomic E-state index is 11.8. The summed E-state index contributed by atoms with van der Waals surface area (Å²) in [6, 6.07) is 11.6. The van der Waals surface area contributed by atoms with Gasteiger partial charge in [-0.25, -0.2) is 0 Å². The summed E-state index contributed by atoms with van der Waals surface area (Å²) < 4.78 is 3.46. The Hall–Kier alpha value is -2.36. The molecule has 2 aromatic heterocycles. The molecule has 4 nitrogen and oxygen atoms in total. The van der Waals surface area contributed by atoms with Crippen LogP contribution in [0.3, 0.4) is 0 Å². The molecule has 3 rings (SSSR count). The van der Waals surface area contributed by atoms with Crippen molar-refractivity contribution in [1.82, 2.24) is 14.2 Å². The third-order valence-electron chi connectivity index (χ3n) is 3.28. The van der Waals surface area contributed by atoms with Crippen LogP contribution in [-0.4, -0.2) is 14.2 Å². The summed E-state index contributed by atoms with van der Waals surface area (Å²) in [5.74, 6) is 0. The van der Waals surface area contributed by atoms with Crippen LogP contribution in [-0.2, 0) is 6.54 Å². The van der Waals surface area contributed by atoms with Crippen molar-refractivity contribution in [2.24, 2.45) is 0 Å². The van der Waals surface area contributed by atoms with Gasteiger partial charge in [0.25, 0.3) is 5.56 Å². The highest BCUT2D eigenvalue weighted by atomic mass is 16.1. The Labute approximate surface area is 110 Å². The first-order valence-corrected chi connectivity index (χ1v) is 6.35. The number of aryl methyl sites for hydroxylation is 2. The summed E-state index contributed by atoms with van der Waals surface area (Å²) in [6.45, 7) is 4.90. The molecule has 96 valence electrons. The summed E-state index contributed by atoms with van der Waals surface area (Å²) in [4.78, 5) is 11.8. The lowest BCUT2D eigenvalue weighted by atomic mass is 10.1. The second-order valence-electron chi connectivity index (χ2n) is 4.61. The zero-order valence-corrected chi connectivity index (χ0v) is 11.0. The number of rotatable bonds is 2. The second-order valence-corrected chi connectivity index (χ2v) is 4.61. The standard InChI is InChI=1S/C15H15N3O/c1-3-17-9-8-15(19)18-14(17)10-13(16-18)12-6-4-11(2)5-7-12/h4-10H,3H2,1-2H3. The highest BCUT2D eigenvalue weighted by Crippen LogP contribution is 2.19. The van der Waals surface area contributed by atoms with Crippen LogP contribution in [0.1, 0.15) is 12.5 Å². The number of fused-ring (bicyclic) bond motifs is 1. The molecule has 0 aliphatic heterocycles. The molecule has 0 aliphatic carbocycles. The van der Waals surface area contributed by atoms with Crippen molar-refractivity contribution in [2.45, 2.75) is 20.4 Å². The largest absolute Gasteiger partial charge is 0.333 e. The first-order valence-electron chi connectivity index (χ1n) is 6.35. The molecule has 0 bridgehead atoms. The molecule has 3 aromatic rings. The van der Waals surface area contributed by atoms with Gasteiger partial charge in [-0.15, -0.1) is 0 Å². The van der Waals surface area contributed by atoms with Crippen molar-refractivity contribution < 1.29 is 0 Å². The van der Waals surface area contributed by atoms with E-state index in [4.69, 9.17) is 0 Å². The summed E-state index contributed by atoms with van der Waals surface area (Å²) >= 11 is 0. The lowest BCUT2D eigenvalue weighted by Gasteiger charge is -2.02. The molecule has 2 heterocycles. The fourth-order valence-electron chi connectivity index (χ4n) is 2.17. The van der Waals surface area contributed by atoms with E-state index in [1.54, 1.807) is 12.3 Å². The minimum atomic E-state index is -0.0990. The third kappa shape index (κ3) is 1.95. The van der Waals surface area contributed by atoms with Gasteiger partial charge < -0.3 is 4.57 Å². The van der Waals surface area contributed by atoms with Crippen LogP contribution in [0.4, 0.5) is 0 Å². The summed E-state index contributed by atoms with van der Waals surface area (Å²) in [5, 5.41) is 4.40. The third-order valence-corrected chi connectivity index (χ3v) is 3.28. The predicted octanol–water partition coefficient (Wildman–Crippen LogP) is 2.49. The van der Waals surface area contributed by atoms with Gasteiger partial charge in [-0.2, -0.15) is 9.61 Å². The zero-order chi connectivity index (χ0) is 13.4. The first kappa shape index (κ1) is 11.7. The molecule has 0 amide bonds. The lowest BCUT2D eigenvalue weighted by molar-refractivity contribution is 0.739. The van der Waals surface area contributed by atoms with Gasteiger partial charge in [0.15, 0.2) is 0 Å². The highest BCUT2D eigenvalue weighted by Gasteiger charge is 2.08. The van der Waals surface area contributed by atoms with Gasteiger partial charge in [0, 0.05) is 30.4 Å². The number of hydrogen-bond acceptors (Lipinski definition) is 2. The zero-order valence-electron chi connectivity index (χ0n) is 11.0. The van der Waals surface area contributed by atoms with Crippen LogP contribution < -0.4 is 5.56 Å². The molecular weight excluding hydrogens is 238 g/mol. The Morgan fingerprint density at radius 3 is 2.58 bits per heavy atom. The number of hydrogen-bond donors (Lipinski definition) is 0. The predicted molar refractivity (Wildman–Crippen MR) is 75.3 cm³/mol. The molecule has 0 fully saturated rings. The quantitative estimate of drug-likeness (QED) is 0.704. The average Bonchev–Trinajstić information content (AvgIpc) is 2.86. The molecule has 0 unspecified atom stereocenters. The van der Waals surface area contributed by atoms with Crippen molar-refractivity contribution in [3.63, 3.8) is 0 Å². The minimum Gasteiger partial charge on any atom is -0.333 e. The molecule has 4 heteroatoms. The van der Waals surface area contributed by atoms with Gasteiger partial charge in [0.2, 0.25) is 0 Å². The fourth-order valence-corrected chi connectivity index (χ4v) is 2.17. The van der Waals surface area contributed by atoms with Gasteiger partial charge in [0.1, 0.15) is 5.65 Å². The van der Waals surface area contributed by atoms with Crippen molar-refractivity contribution in [3.05, 3.63) is 58.5 Å². The Kier molecular flexibility index (Phi) is 2.71. The fraction of sp³-hybridized carbons (Fsp3) is 0.200. The van der Waals surface area contributed by atoms with E-state index in [1.165, 1.54) is 10.1 Å².